The zero-order valence-electron chi connectivity index (χ0n) is 20.7. The van der Waals surface area contributed by atoms with E-state index in [4.69, 9.17) is 38.5 Å². The van der Waals surface area contributed by atoms with Crippen LogP contribution in [0.5, 0.6) is 0 Å². The molecule has 0 spiro atoms. The van der Waals surface area contributed by atoms with Gasteiger partial charge in [-0.1, -0.05) is 0 Å². The largest absolute Gasteiger partial charge is 2.00 e. The van der Waals surface area contributed by atoms with Gasteiger partial charge in [0.1, 0.15) is 0 Å². The van der Waals surface area contributed by atoms with Crippen molar-refractivity contribution in [1.82, 2.24) is 59.8 Å². The van der Waals surface area contributed by atoms with E-state index in [0.29, 0.717) is 0 Å². The Kier molecular flexibility index (Phi) is 30.9. The van der Waals surface area contributed by atoms with Crippen molar-refractivity contribution < 1.29 is 55.0 Å². The monoisotopic (exact) mass is 660 g/mol. The first kappa shape index (κ1) is 41.5. The molecular weight excluding hydrogens is 633 g/mol. The SMILES string of the molecule is O=P([O-])(O)O.O=P([O-])(O)O.[Ni+2].c1c[nH]cn1.c1c[nH]cn1.c1c[nH]cn1.c1c[nH]cn1.c1c[nH]cn1.c1c[nH]cn1. The van der Waals surface area contributed by atoms with Crippen LogP contribution in [0.1, 0.15) is 0 Å². The Morgan fingerprint density at radius 1 is 0.415 bits per heavy atom. The molecule has 0 aromatic carbocycles. The number of imidazole rings is 6. The third-order valence-electron chi connectivity index (χ3n) is 2.44. The maximum absolute atomic E-state index is 8.77. The fourth-order valence-corrected chi connectivity index (χ4v) is 1.29. The van der Waals surface area contributed by atoms with E-state index < -0.39 is 15.6 Å². The molecule has 20 nitrogen and oxygen atoms in total. The van der Waals surface area contributed by atoms with Gasteiger partial charge in [-0.3, -0.25) is 9.13 Å². The van der Waals surface area contributed by atoms with Gasteiger partial charge in [0.15, 0.2) is 0 Å². The standard InChI is InChI=1S/6C3H4N2.Ni.2H3O4P/c6*1-2-5-3-4-1;;2*1-5(2,3)4/h6*1-3H,(H,4,5);;2*(H3,1,2,3,4)/q;;;;;;+2;;/p-2. The van der Waals surface area contributed by atoms with Crippen molar-refractivity contribution in [2.45, 2.75) is 0 Å². The van der Waals surface area contributed by atoms with Gasteiger partial charge in [-0.15, -0.1) is 0 Å². The minimum Gasteiger partial charge on any atom is -0.756 e. The minimum atomic E-state index is -4.89. The summed E-state index contributed by atoms with van der Waals surface area (Å²) >= 11 is 0. The molecule has 0 aliphatic carbocycles. The Bertz CT molecular complexity index is 874. The number of H-pyrrole nitrogens is 6. The molecule has 0 aliphatic heterocycles. The van der Waals surface area contributed by atoms with Gasteiger partial charge in [0.2, 0.25) is 0 Å². The van der Waals surface area contributed by atoms with Gasteiger partial charge in [-0.2, -0.15) is 0 Å². The van der Waals surface area contributed by atoms with E-state index in [-0.39, 0.29) is 16.5 Å². The summed E-state index contributed by atoms with van der Waals surface area (Å²) in [5.41, 5.74) is 0. The van der Waals surface area contributed by atoms with Crippen LogP contribution in [0.15, 0.2) is 112 Å². The Hall–Kier alpha value is -4.03. The average molecular weight is 661 g/mol. The van der Waals surface area contributed by atoms with Gasteiger partial charge < -0.3 is 59.3 Å². The molecular formula is C18H28N12NiO8P2. The Balaban J connectivity index is -0.000000401. The maximum atomic E-state index is 8.77. The van der Waals surface area contributed by atoms with Crippen LogP contribution >= 0.6 is 15.6 Å². The van der Waals surface area contributed by atoms with E-state index in [9.17, 15) is 0 Å². The minimum absolute atomic E-state index is 0. The summed E-state index contributed by atoms with van der Waals surface area (Å²) in [5.74, 6) is 0. The summed E-state index contributed by atoms with van der Waals surface area (Å²) in [6.45, 7) is 0. The summed E-state index contributed by atoms with van der Waals surface area (Å²) in [6, 6.07) is 0. The molecule has 0 aliphatic rings. The van der Waals surface area contributed by atoms with Crippen LogP contribution in [0.4, 0.5) is 0 Å². The van der Waals surface area contributed by atoms with Crippen molar-refractivity contribution in [1.29, 1.82) is 0 Å². The number of aromatic nitrogens is 12. The number of rotatable bonds is 0. The molecule has 228 valence electrons. The second kappa shape index (κ2) is 30.5. The molecule has 23 heteroatoms. The molecule has 0 amide bonds. The molecule has 10 N–H and O–H groups in total. The summed E-state index contributed by atoms with van der Waals surface area (Å²) in [5, 5.41) is 0. The quantitative estimate of drug-likeness (QED) is 0.0713. The molecule has 0 saturated carbocycles. The number of hydrogen-bond donors (Lipinski definition) is 10. The van der Waals surface area contributed by atoms with Crippen molar-refractivity contribution >= 4 is 15.6 Å². The molecule has 0 atom stereocenters. The van der Waals surface area contributed by atoms with E-state index in [0.717, 1.165) is 0 Å². The molecule has 6 aromatic rings. The molecule has 6 aromatic heterocycles. The second-order valence-electron chi connectivity index (χ2n) is 5.54. The van der Waals surface area contributed by atoms with Crippen LogP contribution in [0, 0.1) is 0 Å². The number of nitrogens with one attached hydrogen (secondary N) is 6. The maximum Gasteiger partial charge on any atom is 2.00 e. The first-order valence-corrected chi connectivity index (χ1v) is 13.2. The van der Waals surface area contributed by atoms with Crippen molar-refractivity contribution in [3.8, 4) is 0 Å². The molecule has 41 heavy (non-hydrogen) atoms. The predicted molar refractivity (Wildman–Crippen MR) is 136 cm³/mol. The molecule has 0 saturated heterocycles. The Morgan fingerprint density at radius 2 is 0.537 bits per heavy atom. The van der Waals surface area contributed by atoms with Crippen LogP contribution in [-0.4, -0.2) is 79.4 Å². The number of aromatic amines is 6. The molecule has 6 rings (SSSR count). The van der Waals surface area contributed by atoms with Gasteiger partial charge in [-0.05, 0) is 0 Å². The van der Waals surface area contributed by atoms with Crippen LogP contribution in [0.3, 0.4) is 0 Å². The first-order chi connectivity index (χ1) is 19.0. The Morgan fingerprint density at radius 3 is 0.561 bits per heavy atom. The van der Waals surface area contributed by atoms with Gasteiger partial charge in [-0.25, -0.2) is 29.9 Å². The van der Waals surface area contributed by atoms with Crippen LogP contribution in [-0.2, 0) is 25.6 Å². The van der Waals surface area contributed by atoms with Crippen molar-refractivity contribution in [3.05, 3.63) is 112 Å². The smallest absolute Gasteiger partial charge is 0.756 e. The average Bonchev–Trinajstić information content (AvgIpc) is 3.81. The number of phosphoric acid groups is 2. The molecule has 0 unspecified atom stereocenters. The van der Waals surface area contributed by atoms with Gasteiger partial charge >= 0.3 is 16.5 Å². The normalized spacial score (nSPS) is 8.73. The number of nitrogens with zero attached hydrogens (tertiary/aromatic N) is 6. The van der Waals surface area contributed by atoms with Crippen LogP contribution in [0.25, 0.3) is 0 Å². The summed E-state index contributed by atoms with van der Waals surface area (Å²) in [6.07, 6.45) is 30.5. The number of hydrogen-bond acceptors (Lipinski definition) is 10. The van der Waals surface area contributed by atoms with Crippen molar-refractivity contribution in [3.63, 3.8) is 0 Å². The fraction of sp³-hybridized carbons (Fsp3) is 0. The molecule has 0 bridgehead atoms. The van der Waals surface area contributed by atoms with Crippen LogP contribution < -0.4 is 9.79 Å². The van der Waals surface area contributed by atoms with E-state index in [2.05, 4.69) is 59.8 Å². The van der Waals surface area contributed by atoms with E-state index in [1.165, 1.54) is 0 Å². The van der Waals surface area contributed by atoms with Crippen LogP contribution in [0.2, 0.25) is 0 Å². The first-order valence-electron chi connectivity index (χ1n) is 10.1. The molecule has 6 heterocycles. The van der Waals surface area contributed by atoms with Crippen molar-refractivity contribution in [2.75, 3.05) is 0 Å². The van der Waals surface area contributed by atoms with Gasteiger partial charge in [0.25, 0.3) is 15.6 Å². The second-order valence-corrected chi connectivity index (χ2v) is 7.51. The van der Waals surface area contributed by atoms with Gasteiger partial charge in [0.05, 0.1) is 38.0 Å². The molecule has 0 radical (unpaired) electrons. The van der Waals surface area contributed by atoms with E-state index >= 15 is 0 Å². The topological polar surface area (TPSA) is 333 Å². The summed E-state index contributed by atoms with van der Waals surface area (Å²) in [7, 11) is -9.78. The zero-order chi connectivity index (χ0) is 30.2. The summed E-state index contributed by atoms with van der Waals surface area (Å²) < 4.78 is 17.5. The van der Waals surface area contributed by atoms with E-state index in [1.54, 1.807) is 112 Å². The zero-order valence-corrected chi connectivity index (χ0v) is 23.5. The van der Waals surface area contributed by atoms with Gasteiger partial charge in [0, 0.05) is 74.4 Å². The third-order valence-corrected chi connectivity index (χ3v) is 2.44. The summed E-state index contributed by atoms with van der Waals surface area (Å²) in [4.78, 5) is 84.3. The third kappa shape index (κ3) is 61.5. The molecule has 0 fully saturated rings. The fourth-order valence-electron chi connectivity index (χ4n) is 1.29. The van der Waals surface area contributed by atoms with Crippen molar-refractivity contribution in [2.24, 2.45) is 0 Å². The van der Waals surface area contributed by atoms with E-state index in [1.807, 2.05) is 0 Å². The Labute approximate surface area is 242 Å². The predicted octanol–water partition coefficient (Wildman–Crippen LogP) is -0.665.